The van der Waals surface area contributed by atoms with Gasteiger partial charge in [0.05, 0.1) is 0 Å². The summed E-state index contributed by atoms with van der Waals surface area (Å²) in [4.78, 5) is 0. The van der Waals surface area contributed by atoms with Crippen molar-refractivity contribution in [2.75, 3.05) is 0 Å². The summed E-state index contributed by atoms with van der Waals surface area (Å²) in [6.07, 6.45) is 0. The van der Waals surface area contributed by atoms with Crippen molar-refractivity contribution in [2.24, 2.45) is 0 Å². The van der Waals surface area contributed by atoms with E-state index in [0.29, 0.717) is 0 Å². The third-order valence-electron chi connectivity index (χ3n) is 5.13. The summed E-state index contributed by atoms with van der Waals surface area (Å²) in [7, 11) is 0. The fraction of sp³-hybridized carbons (Fsp3) is 0.0769. The van der Waals surface area contributed by atoms with Gasteiger partial charge in [-0.15, -0.1) is 0 Å². The minimum atomic E-state index is 1.26. The molecule has 0 aliphatic heterocycles. The summed E-state index contributed by atoms with van der Waals surface area (Å²) in [6.45, 7) is 4.48. The van der Waals surface area contributed by atoms with Gasteiger partial charge in [0.1, 0.15) is 0 Å². The largest absolute Gasteiger partial charge is 0.0622 e. The number of hydrogen-bond donors (Lipinski definition) is 0. The van der Waals surface area contributed by atoms with Crippen LogP contribution in [0, 0.1) is 13.8 Å². The van der Waals surface area contributed by atoms with E-state index in [1.165, 1.54) is 44.5 Å². The minimum Gasteiger partial charge on any atom is -0.0622 e. The summed E-state index contributed by atoms with van der Waals surface area (Å²) in [5.41, 5.74) is 10.4. The van der Waals surface area contributed by atoms with Crippen LogP contribution in [0.1, 0.15) is 11.1 Å². The van der Waals surface area contributed by atoms with E-state index in [4.69, 9.17) is 0 Å². The predicted molar refractivity (Wildman–Crippen MR) is 112 cm³/mol. The molecule has 0 aromatic heterocycles. The van der Waals surface area contributed by atoms with E-state index in [-0.39, 0.29) is 0 Å². The molecule has 0 aliphatic rings. The second-order valence-corrected chi connectivity index (χ2v) is 6.69. The molecule has 4 rings (SSSR count). The van der Waals surface area contributed by atoms with Gasteiger partial charge in [0.25, 0.3) is 0 Å². The van der Waals surface area contributed by atoms with Crippen molar-refractivity contribution in [1.82, 2.24) is 0 Å². The second-order valence-electron chi connectivity index (χ2n) is 6.69. The Balaban J connectivity index is 2.05. The minimum absolute atomic E-state index is 1.26. The Hall–Kier alpha value is -3.12. The predicted octanol–water partition coefficient (Wildman–Crippen LogP) is 7.30. The first-order valence-corrected chi connectivity index (χ1v) is 9.06. The lowest BCUT2D eigenvalue weighted by molar-refractivity contribution is 1.34. The summed E-state index contributed by atoms with van der Waals surface area (Å²) >= 11 is 0. The molecule has 4 aromatic rings. The van der Waals surface area contributed by atoms with Gasteiger partial charge in [0.2, 0.25) is 0 Å². The molecule has 0 spiro atoms. The topological polar surface area (TPSA) is 0 Å². The van der Waals surface area contributed by atoms with Gasteiger partial charge in [-0.25, -0.2) is 0 Å². The Morgan fingerprint density at radius 3 is 1.35 bits per heavy atom. The highest BCUT2D eigenvalue weighted by Gasteiger charge is 2.16. The Bertz CT molecular complexity index is 1010. The molecule has 4 aromatic carbocycles. The quantitative estimate of drug-likeness (QED) is 0.368. The summed E-state index contributed by atoms with van der Waals surface area (Å²) < 4.78 is 0. The van der Waals surface area contributed by atoms with Gasteiger partial charge in [-0.3, -0.25) is 0 Å². The van der Waals surface area contributed by atoms with Gasteiger partial charge in [0, 0.05) is 0 Å². The normalized spacial score (nSPS) is 10.7. The van der Waals surface area contributed by atoms with Crippen LogP contribution in [0.5, 0.6) is 0 Å². The number of benzene rings is 4. The van der Waals surface area contributed by atoms with Crippen molar-refractivity contribution in [2.45, 2.75) is 13.8 Å². The van der Waals surface area contributed by atoms with Gasteiger partial charge in [-0.2, -0.15) is 0 Å². The maximum Gasteiger partial charge on any atom is -0.00730 e. The lowest BCUT2D eigenvalue weighted by Crippen LogP contribution is -1.96. The standard InChI is InChI=1S/C26H22/c1-19-20(2)26(23-16-10-5-11-17-23)25(22-14-8-4-9-15-22)18-24(19)21-12-6-3-7-13-21/h3-18H,1-2H3. The summed E-state index contributed by atoms with van der Waals surface area (Å²) in [6, 6.07) is 34.4. The average Bonchev–Trinajstić information content (AvgIpc) is 2.72. The molecule has 0 nitrogen and oxygen atoms in total. The molecule has 0 unspecified atom stereocenters. The van der Waals surface area contributed by atoms with Gasteiger partial charge in [0.15, 0.2) is 0 Å². The van der Waals surface area contributed by atoms with Crippen molar-refractivity contribution in [3.8, 4) is 33.4 Å². The van der Waals surface area contributed by atoms with Crippen molar-refractivity contribution >= 4 is 0 Å². The van der Waals surface area contributed by atoms with Gasteiger partial charge >= 0.3 is 0 Å². The third-order valence-corrected chi connectivity index (χ3v) is 5.13. The smallest absolute Gasteiger partial charge is 0.00730 e. The van der Waals surface area contributed by atoms with Crippen LogP contribution in [-0.4, -0.2) is 0 Å². The van der Waals surface area contributed by atoms with E-state index in [1.807, 2.05) is 0 Å². The Morgan fingerprint density at radius 1 is 0.423 bits per heavy atom. The van der Waals surface area contributed by atoms with Gasteiger partial charge < -0.3 is 0 Å². The van der Waals surface area contributed by atoms with E-state index in [0.717, 1.165) is 0 Å². The Kier molecular flexibility index (Phi) is 4.41. The monoisotopic (exact) mass is 334 g/mol. The lowest BCUT2D eigenvalue weighted by Gasteiger charge is -2.20. The van der Waals surface area contributed by atoms with Crippen LogP contribution in [0.2, 0.25) is 0 Å². The zero-order chi connectivity index (χ0) is 17.9. The summed E-state index contributed by atoms with van der Waals surface area (Å²) in [5.74, 6) is 0. The Labute approximate surface area is 155 Å². The van der Waals surface area contributed by atoms with Crippen LogP contribution in [0.4, 0.5) is 0 Å². The molecule has 0 N–H and O–H groups in total. The summed E-state index contributed by atoms with van der Waals surface area (Å²) in [5, 5.41) is 0. The number of rotatable bonds is 3. The fourth-order valence-corrected chi connectivity index (χ4v) is 3.66. The second kappa shape index (κ2) is 7.01. The molecule has 26 heavy (non-hydrogen) atoms. The van der Waals surface area contributed by atoms with Crippen LogP contribution in [0.3, 0.4) is 0 Å². The number of hydrogen-bond acceptors (Lipinski definition) is 0. The molecule has 0 saturated heterocycles. The average molecular weight is 334 g/mol. The highest BCUT2D eigenvalue weighted by atomic mass is 14.2. The van der Waals surface area contributed by atoms with E-state index < -0.39 is 0 Å². The molecular formula is C26H22. The van der Waals surface area contributed by atoms with Crippen LogP contribution in [0.25, 0.3) is 33.4 Å². The fourth-order valence-electron chi connectivity index (χ4n) is 3.66. The molecular weight excluding hydrogens is 312 g/mol. The maximum atomic E-state index is 2.36. The molecule has 126 valence electrons. The maximum absolute atomic E-state index is 2.36. The lowest BCUT2D eigenvalue weighted by atomic mass is 9.84. The van der Waals surface area contributed by atoms with Gasteiger partial charge in [-0.05, 0) is 64.4 Å². The molecule has 0 fully saturated rings. The zero-order valence-corrected chi connectivity index (χ0v) is 15.2. The molecule has 0 bridgehead atoms. The van der Waals surface area contributed by atoms with Crippen molar-refractivity contribution in [3.05, 3.63) is 108 Å². The molecule has 0 aliphatic carbocycles. The van der Waals surface area contributed by atoms with Crippen LogP contribution >= 0.6 is 0 Å². The first-order chi connectivity index (χ1) is 12.8. The molecule has 0 heterocycles. The molecule has 0 heteroatoms. The molecule has 0 atom stereocenters. The van der Waals surface area contributed by atoms with Crippen molar-refractivity contribution < 1.29 is 0 Å². The van der Waals surface area contributed by atoms with Crippen LogP contribution in [-0.2, 0) is 0 Å². The SMILES string of the molecule is Cc1c(-c2ccccc2)cc(-c2ccccc2)c(-c2ccccc2)c1C. The van der Waals surface area contributed by atoms with Crippen LogP contribution in [0.15, 0.2) is 97.1 Å². The molecule has 0 radical (unpaired) electrons. The highest BCUT2D eigenvalue weighted by Crippen LogP contribution is 2.40. The van der Waals surface area contributed by atoms with E-state index >= 15 is 0 Å². The Morgan fingerprint density at radius 2 is 0.846 bits per heavy atom. The van der Waals surface area contributed by atoms with Gasteiger partial charge in [-0.1, -0.05) is 91.0 Å². The van der Waals surface area contributed by atoms with E-state index in [1.54, 1.807) is 0 Å². The first kappa shape index (κ1) is 16.4. The molecule has 0 amide bonds. The van der Waals surface area contributed by atoms with Crippen molar-refractivity contribution in [3.63, 3.8) is 0 Å². The van der Waals surface area contributed by atoms with E-state index in [9.17, 15) is 0 Å². The van der Waals surface area contributed by atoms with E-state index in [2.05, 4.69) is 111 Å². The highest BCUT2D eigenvalue weighted by molar-refractivity contribution is 5.90. The first-order valence-electron chi connectivity index (χ1n) is 9.06. The zero-order valence-electron chi connectivity index (χ0n) is 15.2. The van der Waals surface area contributed by atoms with Crippen molar-refractivity contribution in [1.29, 1.82) is 0 Å². The molecule has 0 saturated carbocycles. The third kappa shape index (κ3) is 2.95. The van der Waals surface area contributed by atoms with Crippen LogP contribution < -0.4 is 0 Å².